The highest BCUT2D eigenvalue weighted by molar-refractivity contribution is 5.67. The predicted molar refractivity (Wildman–Crippen MR) is 45.5 cm³/mol. The molecule has 0 atom stereocenters. The third-order valence-electron chi connectivity index (χ3n) is 1.46. The van der Waals surface area contributed by atoms with Crippen LogP contribution in [0.4, 0.5) is 18.0 Å². The van der Waals surface area contributed by atoms with Crippen molar-refractivity contribution in [3.05, 3.63) is 17.5 Å². The number of carbonyl (C=O) groups is 1. The largest absolute Gasteiger partial charge is 0.440 e. The summed E-state index contributed by atoms with van der Waals surface area (Å²) in [6.07, 6.45) is -5.68. The lowest BCUT2D eigenvalue weighted by Gasteiger charge is -2.07. The Kier molecular flexibility index (Phi) is 3.75. The van der Waals surface area contributed by atoms with Crippen LogP contribution in [0.15, 0.2) is 10.6 Å². The van der Waals surface area contributed by atoms with Crippen LogP contribution in [0.5, 0.6) is 0 Å². The SMILES string of the molecule is Cc1cc(CNC(=O)OCC(F)(F)F)no1. The molecule has 1 heterocycles. The molecule has 1 amide bonds. The maximum absolute atomic E-state index is 11.7. The van der Waals surface area contributed by atoms with E-state index in [0.717, 1.165) is 0 Å². The molecule has 5 nitrogen and oxygen atoms in total. The Morgan fingerprint density at radius 2 is 2.31 bits per heavy atom. The van der Waals surface area contributed by atoms with Crippen molar-refractivity contribution in [2.45, 2.75) is 19.6 Å². The van der Waals surface area contributed by atoms with Crippen molar-refractivity contribution < 1.29 is 27.2 Å². The molecule has 0 fully saturated rings. The normalized spacial score (nSPS) is 11.2. The molecule has 0 spiro atoms. The molecular weight excluding hydrogens is 229 g/mol. The van der Waals surface area contributed by atoms with Gasteiger partial charge in [0.05, 0.1) is 6.54 Å². The van der Waals surface area contributed by atoms with E-state index in [9.17, 15) is 18.0 Å². The molecule has 0 aliphatic carbocycles. The third-order valence-corrected chi connectivity index (χ3v) is 1.46. The van der Waals surface area contributed by atoms with Crippen LogP contribution in [-0.4, -0.2) is 24.0 Å². The molecule has 1 rings (SSSR count). The molecule has 1 aromatic rings. The maximum Gasteiger partial charge on any atom is 0.422 e. The van der Waals surface area contributed by atoms with Crippen LogP contribution in [0.25, 0.3) is 0 Å². The molecule has 1 aromatic heterocycles. The number of amides is 1. The molecular formula is C8H9F3N2O3. The fourth-order valence-corrected chi connectivity index (χ4v) is 0.862. The van der Waals surface area contributed by atoms with Crippen molar-refractivity contribution in [3.63, 3.8) is 0 Å². The number of alkyl carbamates (subject to hydrolysis) is 1. The van der Waals surface area contributed by atoms with Crippen molar-refractivity contribution in [2.75, 3.05) is 6.61 Å². The van der Waals surface area contributed by atoms with E-state index in [-0.39, 0.29) is 6.54 Å². The number of alkyl halides is 3. The van der Waals surface area contributed by atoms with Gasteiger partial charge in [-0.25, -0.2) is 4.79 Å². The number of halogens is 3. The minimum Gasteiger partial charge on any atom is -0.440 e. The first-order valence-corrected chi connectivity index (χ1v) is 4.26. The van der Waals surface area contributed by atoms with E-state index in [1.165, 1.54) is 0 Å². The minimum absolute atomic E-state index is 0.0476. The highest BCUT2D eigenvalue weighted by Crippen LogP contribution is 2.14. The number of rotatable bonds is 3. The average Bonchev–Trinajstić information content (AvgIpc) is 2.57. The van der Waals surface area contributed by atoms with Crippen LogP contribution >= 0.6 is 0 Å². The molecule has 16 heavy (non-hydrogen) atoms. The van der Waals surface area contributed by atoms with E-state index in [1.54, 1.807) is 13.0 Å². The van der Waals surface area contributed by atoms with Crippen LogP contribution < -0.4 is 5.32 Å². The summed E-state index contributed by atoms with van der Waals surface area (Å²) < 4.78 is 43.5. The molecule has 0 aromatic carbocycles. The summed E-state index contributed by atoms with van der Waals surface area (Å²) in [4.78, 5) is 10.8. The maximum atomic E-state index is 11.7. The first-order chi connectivity index (χ1) is 7.37. The minimum atomic E-state index is -4.53. The Bertz CT molecular complexity index is 362. The van der Waals surface area contributed by atoms with Crippen LogP contribution in [-0.2, 0) is 11.3 Å². The molecule has 0 unspecified atom stereocenters. The lowest BCUT2D eigenvalue weighted by molar-refractivity contribution is -0.160. The predicted octanol–water partition coefficient (Wildman–Crippen LogP) is 1.77. The third kappa shape index (κ3) is 4.67. The summed E-state index contributed by atoms with van der Waals surface area (Å²) in [7, 11) is 0. The lowest BCUT2D eigenvalue weighted by atomic mass is 10.4. The van der Waals surface area contributed by atoms with Gasteiger partial charge in [0.25, 0.3) is 0 Å². The lowest BCUT2D eigenvalue weighted by Crippen LogP contribution is -2.28. The summed E-state index contributed by atoms with van der Waals surface area (Å²) >= 11 is 0. The van der Waals surface area contributed by atoms with Crippen molar-refractivity contribution in [3.8, 4) is 0 Å². The highest BCUT2D eigenvalue weighted by atomic mass is 19.4. The Morgan fingerprint density at radius 1 is 1.62 bits per heavy atom. The Morgan fingerprint density at radius 3 is 2.81 bits per heavy atom. The van der Waals surface area contributed by atoms with Crippen molar-refractivity contribution in [2.24, 2.45) is 0 Å². The summed E-state index contributed by atoms with van der Waals surface area (Å²) in [6, 6.07) is 1.55. The van der Waals surface area contributed by atoms with Gasteiger partial charge >= 0.3 is 12.3 Å². The van der Waals surface area contributed by atoms with E-state index < -0.39 is 18.9 Å². The number of nitrogens with zero attached hydrogens (tertiary/aromatic N) is 1. The summed E-state index contributed by atoms with van der Waals surface area (Å²) in [5.41, 5.74) is 0.404. The molecule has 8 heteroatoms. The Labute approximate surface area is 88.5 Å². The monoisotopic (exact) mass is 238 g/mol. The zero-order valence-corrected chi connectivity index (χ0v) is 8.30. The van der Waals surface area contributed by atoms with Crippen LogP contribution in [0.3, 0.4) is 0 Å². The molecule has 90 valence electrons. The summed E-state index contributed by atoms with van der Waals surface area (Å²) in [6.45, 7) is -0.0107. The van der Waals surface area contributed by atoms with Gasteiger partial charge in [0.1, 0.15) is 11.5 Å². The van der Waals surface area contributed by atoms with Gasteiger partial charge in [-0.15, -0.1) is 0 Å². The first-order valence-electron chi connectivity index (χ1n) is 4.26. The zero-order valence-electron chi connectivity index (χ0n) is 8.30. The highest BCUT2D eigenvalue weighted by Gasteiger charge is 2.29. The van der Waals surface area contributed by atoms with Crippen LogP contribution in [0.1, 0.15) is 11.5 Å². The van der Waals surface area contributed by atoms with E-state index in [1.807, 2.05) is 0 Å². The molecule has 1 N–H and O–H groups in total. The Hall–Kier alpha value is -1.73. The van der Waals surface area contributed by atoms with Gasteiger partial charge < -0.3 is 14.6 Å². The van der Waals surface area contributed by atoms with Gasteiger partial charge in [-0.05, 0) is 6.92 Å². The fraction of sp³-hybridized carbons (Fsp3) is 0.500. The summed E-state index contributed by atoms with van der Waals surface area (Å²) in [5, 5.41) is 5.63. The standard InChI is InChI=1S/C8H9F3N2O3/c1-5-2-6(13-16-5)3-12-7(14)15-4-8(9,10)11/h2H,3-4H2,1H3,(H,12,14). The smallest absolute Gasteiger partial charge is 0.422 e. The molecule has 0 aliphatic rings. The average molecular weight is 238 g/mol. The number of aromatic nitrogens is 1. The van der Waals surface area contributed by atoms with E-state index in [0.29, 0.717) is 11.5 Å². The van der Waals surface area contributed by atoms with Crippen molar-refractivity contribution in [1.29, 1.82) is 0 Å². The second kappa shape index (κ2) is 4.86. The Balaban J connectivity index is 2.25. The van der Waals surface area contributed by atoms with Gasteiger partial charge in [0.2, 0.25) is 0 Å². The van der Waals surface area contributed by atoms with Crippen molar-refractivity contribution in [1.82, 2.24) is 10.5 Å². The molecule has 0 saturated carbocycles. The van der Waals surface area contributed by atoms with Gasteiger partial charge in [-0.2, -0.15) is 13.2 Å². The number of nitrogens with one attached hydrogen (secondary N) is 1. The first kappa shape index (κ1) is 12.3. The second-order valence-corrected chi connectivity index (χ2v) is 2.97. The van der Waals surface area contributed by atoms with Gasteiger partial charge in [-0.3, -0.25) is 0 Å². The van der Waals surface area contributed by atoms with Crippen LogP contribution in [0.2, 0.25) is 0 Å². The van der Waals surface area contributed by atoms with Crippen molar-refractivity contribution >= 4 is 6.09 Å². The molecule has 0 saturated heterocycles. The van der Waals surface area contributed by atoms with E-state index >= 15 is 0 Å². The number of hydrogen-bond donors (Lipinski definition) is 1. The number of aryl methyl sites for hydroxylation is 1. The quantitative estimate of drug-likeness (QED) is 0.871. The molecule has 0 radical (unpaired) electrons. The van der Waals surface area contributed by atoms with Gasteiger partial charge in [0.15, 0.2) is 6.61 Å². The van der Waals surface area contributed by atoms with Crippen LogP contribution in [0, 0.1) is 6.92 Å². The second-order valence-electron chi connectivity index (χ2n) is 2.97. The van der Waals surface area contributed by atoms with Gasteiger partial charge in [0, 0.05) is 6.07 Å². The molecule has 0 bridgehead atoms. The summed E-state index contributed by atoms with van der Waals surface area (Å²) in [5.74, 6) is 0.542. The van der Waals surface area contributed by atoms with E-state index in [4.69, 9.17) is 0 Å². The zero-order chi connectivity index (χ0) is 12.2. The number of carbonyl (C=O) groups excluding carboxylic acids is 1. The fourth-order valence-electron chi connectivity index (χ4n) is 0.862. The number of hydrogen-bond acceptors (Lipinski definition) is 4. The topological polar surface area (TPSA) is 64.4 Å². The molecule has 0 aliphatic heterocycles. The van der Waals surface area contributed by atoms with E-state index in [2.05, 4.69) is 19.7 Å². The number of ether oxygens (including phenoxy) is 1. The van der Waals surface area contributed by atoms with Gasteiger partial charge in [-0.1, -0.05) is 5.16 Å².